The Morgan fingerprint density at radius 2 is 2.26 bits per heavy atom. The van der Waals surface area contributed by atoms with Gasteiger partial charge in [-0.15, -0.1) is 0 Å². The zero-order chi connectivity index (χ0) is 13.2. The summed E-state index contributed by atoms with van der Waals surface area (Å²) < 4.78 is 10.9. The van der Waals surface area contributed by atoms with Crippen LogP contribution in [-0.2, 0) is 5.75 Å². The molecule has 0 bridgehead atoms. The molecule has 0 aliphatic rings. The van der Waals surface area contributed by atoms with E-state index in [1.807, 2.05) is 0 Å². The van der Waals surface area contributed by atoms with Crippen LogP contribution in [0.2, 0.25) is 0 Å². The lowest BCUT2D eigenvalue weighted by Gasteiger charge is -1.88. The number of hydrogen-bond acceptors (Lipinski definition) is 11. The van der Waals surface area contributed by atoms with Crippen molar-refractivity contribution < 1.29 is 9.15 Å². The van der Waals surface area contributed by atoms with Crippen LogP contribution < -0.4 is 5.73 Å². The van der Waals surface area contributed by atoms with E-state index in [1.165, 1.54) is 23.1 Å². The van der Waals surface area contributed by atoms with Gasteiger partial charge < -0.3 is 10.3 Å². The van der Waals surface area contributed by atoms with E-state index in [4.69, 9.17) is 22.5 Å². The van der Waals surface area contributed by atoms with Crippen molar-refractivity contribution in [2.45, 2.75) is 10.1 Å². The van der Waals surface area contributed by atoms with E-state index in [-0.39, 0.29) is 17.3 Å². The summed E-state index contributed by atoms with van der Waals surface area (Å²) in [7, 11) is 0. The Morgan fingerprint density at radius 1 is 1.37 bits per heavy atom. The molecule has 0 unspecified atom stereocenters. The van der Waals surface area contributed by atoms with Crippen molar-refractivity contribution in [3.05, 3.63) is 9.85 Å². The third-order valence-corrected chi connectivity index (χ3v) is 4.15. The van der Waals surface area contributed by atoms with Crippen molar-refractivity contribution in [2.24, 2.45) is 0 Å². The van der Waals surface area contributed by atoms with Gasteiger partial charge in [-0.1, -0.05) is 28.3 Å². The Morgan fingerprint density at radius 3 is 2.95 bits per heavy atom. The molecule has 0 radical (unpaired) electrons. The summed E-state index contributed by atoms with van der Waals surface area (Å²) in [6, 6.07) is 0. The molecule has 19 heavy (non-hydrogen) atoms. The fourth-order valence-electron chi connectivity index (χ4n) is 1.16. The van der Waals surface area contributed by atoms with Gasteiger partial charge in [0.2, 0.25) is 11.7 Å². The molecule has 0 aromatic carbocycles. The molecule has 0 saturated heterocycles. The molecule has 9 nitrogen and oxygen atoms in total. The van der Waals surface area contributed by atoms with Gasteiger partial charge >= 0.3 is 0 Å². The van der Waals surface area contributed by atoms with Crippen molar-refractivity contribution in [3.8, 4) is 11.5 Å². The molecule has 3 aromatic heterocycles. The number of aromatic amines is 1. The van der Waals surface area contributed by atoms with Gasteiger partial charge in [0.15, 0.2) is 19.8 Å². The van der Waals surface area contributed by atoms with Crippen LogP contribution in [0, 0.1) is 3.95 Å². The molecule has 0 amide bonds. The first kappa shape index (κ1) is 12.3. The second-order valence-electron chi connectivity index (χ2n) is 3.18. The highest BCUT2D eigenvalue weighted by Crippen LogP contribution is 2.25. The zero-order valence-electron chi connectivity index (χ0n) is 9.06. The third kappa shape index (κ3) is 2.64. The third-order valence-electron chi connectivity index (χ3n) is 1.93. The summed E-state index contributed by atoms with van der Waals surface area (Å²) in [6.45, 7) is 0. The SMILES string of the molecule is Nc1nonc1-c1noc(CSc2n[nH]c(=S)s2)n1. The highest BCUT2D eigenvalue weighted by atomic mass is 32.2. The van der Waals surface area contributed by atoms with E-state index < -0.39 is 0 Å². The van der Waals surface area contributed by atoms with Gasteiger partial charge in [-0.3, -0.25) is 5.10 Å². The number of aromatic nitrogens is 6. The van der Waals surface area contributed by atoms with E-state index in [0.29, 0.717) is 15.6 Å². The monoisotopic (exact) mass is 315 g/mol. The van der Waals surface area contributed by atoms with E-state index in [9.17, 15) is 0 Å². The van der Waals surface area contributed by atoms with Crippen molar-refractivity contribution in [3.63, 3.8) is 0 Å². The van der Waals surface area contributed by atoms with Crippen molar-refractivity contribution >= 4 is 41.1 Å². The minimum atomic E-state index is 0.116. The van der Waals surface area contributed by atoms with Gasteiger partial charge in [-0.05, 0) is 22.5 Å². The molecule has 12 heteroatoms. The summed E-state index contributed by atoms with van der Waals surface area (Å²) in [4.78, 5) is 4.13. The fourth-order valence-corrected chi connectivity index (χ4v) is 3.08. The molecular weight excluding hydrogens is 310 g/mol. The van der Waals surface area contributed by atoms with Crippen LogP contribution in [0.3, 0.4) is 0 Å². The maximum absolute atomic E-state index is 5.53. The lowest BCUT2D eigenvalue weighted by molar-refractivity contribution is 0.310. The molecule has 98 valence electrons. The van der Waals surface area contributed by atoms with Crippen LogP contribution in [0.25, 0.3) is 11.5 Å². The van der Waals surface area contributed by atoms with E-state index in [1.54, 1.807) is 0 Å². The Balaban J connectivity index is 1.72. The molecule has 0 spiro atoms. The Kier molecular flexibility index (Phi) is 3.27. The summed E-state index contributed by atoms with van der Waals surface area (Å²) >= 11 is 7.74. The van der Waals surface area contributed by atoms with Crippen molar-refractivity contribution in [2.75, 3.05) is 5.73 Å². The van der Waals surface area contributed by atoms with Gasteiger partial charge in [0, 0.05) is 0 Å². The number of thioether (sulfide) groups is 1. The lowest BCUT2D eigenvalue weighted by atomic mass is 10.4. The van der Waals surface area contributed by atoms with Gasteiger partial charge in [-0.2, -0.15) is 10.1 Å². The summed E-state index contributed by atoms with van der Waals surface area (Å²) in [5.41, 5.74) is 5.79. The molecular formula is C7H5N7O2S3. The average molecular weight is 315 g/mol. The van der Waals surface area contributed by atoms with Gasteiger partial charge in [0.25, 0.3) is 0 Å². The smallest absolute Gasteiger partial charge is 0.237 e. The van der Waals surface area contributed by atoms with Crippen LogP contribution in [0.5, 0.6) is 0 Å². The minimum Gasteiger partial charge on any atom is -0.379 e. The Bertz CT molecular complexity index is 744. The number of H-pyrrole nitrogens is 1. The largest absolute Gasteiger partial charge is 0.379 e. The number of nitrogens with zero attached hydrogens (tertiary/aromatic N) is 5. The normalized spacial score (nSPS) is 10.9. The predicted octanol–water partition coefficient (Wildman–Crippen LogP) is 1.51. The van der Waals surface area contributed by atoms with Crippen LogP contribution in [-0.4, -0.2) is 30.7 Å². The number of nitrogens with two attached hydrogens (primary N) is 1. The number of rotatable bonds is 4. The van der Waals surface area contributed by atoms with Crippen molar-refractivity contribution in [1.29, 1.82) is 0 Å². The minimum absolute atomic E-state index is 0.116. The molecule has 3 heterocycles. The standard InChI is InChI=1S/C7H5N7O2S3/c8-4-3(12-16-13-4)5-9-2(15-14-5)1-18-7-11-10-6(17)19-7/h1H2,(H2,8,13)(H,10,17). The van der Waals surface area contributed by atoms with E-state index >= 15 is 0 Å². The quantitative estimate of drug-likeness (QED) is 0.539. The summed E-state index contributed by atoms with van der Waals surface area (Å²) in [5, 5.41) is 17.5. The van der Waals surface area contributed by atoms with Crippen molar-refractivity contribution in [1.82, 2.24) is 30.7 Å². The Hall–Kier alpha value is -1.79. The fraction of sp³-hybridized carbons (Fsp3) is 0.143. The van der Waals surface area contributed by atoms with Gasteiger partial charge in [0.05, 0.1) is 5.75 Å². The van der Waals surface area contributed by atoms with Crippen LogP contribution >= 0.6 is 35.3 Å². The number of nitrogens with one attached hydrogen (secondary N) is 1. The number of nitrogen functional groups attached to an aromatic ring is 1. The van der Waals surface area contributed by atoms with Gasteiger partial charge in [0.1, 0.15) is 0 Å². The molecule has 0 aliphatic heterocycles. The second-order valence-corrected chi connectivity index (χ2v) is 6.07. The summed E-state index contributed by atoms with van der Waals surface area (Å²) in [6.07, 6.45) is 0. The molecule has 3 aromatic rings. The Labute approximate surface area is 118 Å². The van der Waals surface area contributed by atoms with E-state index in [2.05, 4.69) is 35.3 Å². The maximum Gasteiger partial charge on any atom is 0.237 e. The first-order valence-electron chi connectivity index (χ1n) is 4.81. The number of anilines is 1. The molecule has 3 rings (SSSR count). The topological polar surface area (TPSA) is 133 Å². The number of hydrogen-bond donors (Lipinski definition) is 2. The molecule has 0 fully saturated rings. The maximum atomic E-state index is 5.53. The average Bonchev–Trinajstić information content (AvgIpc) is 3.07. The molecule has 3 N–H and O–H groups in total. The first-order chi connectivity index (χ1) is 9.22. The highest BCUT2D eigenvalue weighted by molar-refractivity contribution is 8.00. The summed E-state index contributed by atoms with van der Waals surface area (Å²) in [5.74, 6) is 1.24. The second kappa shape index (κ2) is 5.07. The van der Waals surface area contributed by atoms with Crippen LogP contribution in [0.15, 0.2) is 13.5 Å². The van der Waals surface area contributed by atoms with Crippen LogP contribution in [0.1, 0.15) is 5.89 Å². The molecule has 0 aliphatic carbocycles. The van der Waals surface area contributed by atoms with Gasteiger partial charge in [-0.25, -0.2) is 4.63 Å². The molecule has 0 atom stereocenters. The predicted molar refractivity (Wildman–Crippen MR) is 68.9 cm³/mol. The first-order valence-corrected chi connectivity index (χ1v) is 7.02. The molecule has 0 saturated carbocycles. The lowest BCUT2D eigenvalue weighted by Crippen LogP contribution is -1.90. The zero-order valence-corrected chi connectivity index (χ0v) is 11.5. The highest BCUT2D eigenvalue weighted by Gasteiger charge is 2.16. The van der Waals surface area contributed by atoms with E-state index in [0.717, 1.165) is 4.34 Å². The van der Waals surface area contributed by atoms with Crippen LogP contribution in [0.4, 0.5) is 5.82 Å².